The van der Waals surface area contributed by atoms with Gasteiger partial charge in [-0.2, -0.15) is 0 Å². The molecule has 0 fully saturated rings. The highest BCUT2D eigenvalue weighted by molar-refractivity contribution is 6.35. The summed E-state index contributed by atoms with van der Waals surface area (Å²) in [6.45, 7) is 0. The molecule has 0 saturated carbocycles. The van der Waals surface area contributed by atoms with Crippen molar-refractivity contribution in [3.8, 4) is 0 Å². The molecule has 1 aromatic carbocycles. The Bertz CT molecular complexity index is 470. The minimum Gasteiger partial charge on any atom is -0.397 e. The van der Waals surface area contributed by atoms with E-state index in [1.165, 1.54) is 24.4 Å². The van der Waals surface area contributed by atoms with E-state index in [0.717, 1.165) is 0 Å². The zero-order valence-electron chi connectivity index (χ0n) is 6.59. The summed E-state index contributed by atoms with van der Waals surface area (Å²) in [5, 5.41) is 0.781. The third-order valence-corrected chi connectivity index (χ3v) is 2.07. The van der Waals surface area contributed by atoms with Crippen LogP contribution in [0.2, 0.25) is 5.02 Å². The normalized spacial score (nSPS) is 10.6. The highest BCUT2D eigenvalue weighted by Gasteiger charge is 2.05. The molecule has 0 aliphatic carbocycles. The molecule has 0 amide bonds. The summed E-state index contributed by atoms with van der Waals surface area (Å²) in [5.74, 6) is -0.362. The molecule has 2 nitrogen and oxygen atoms in total. The lowest BCUT2D eigenvalue weighted by Gasteiger charge is -2.01. The van der Waals surface area contributed by atoms with Crippen LogP contribution in [0, 0.1) is 5.82 Å². The highest BCUT2D eigenvalue weighted by Crippen LogP contribution is 2.24. The molecular formula is C9H6ClFN2. The van der Waals surface area contributed by atoms with Gasteiger partial charge in [-0.15, -0.1) is 0 Å². The largest absolute Gasteiger partial charge is 0.397 e. The Balaban J connectivity index is 2.92. The lowest BCUT2D eigenvalue weighted by Crippen LogP contribution is -1.89. The number of hydrogen-bond acceptors (Lipinski definition) is 2. The van der Waals surface area contributed by atoms with Gasteiger partial charge in [-0.25, -0.2) is 4.39 Å². The maximum absolute atomic E-state index is 13.2. The van der Waals surface area contributed by atoms with Gasteiger partial charge in [-0.05, 0) is 18.2 Å². The van der Waals surface area contributed by atoms with Gasteiger partial charge in [0, 0.05) is 5.39 Å². The molecule has 0 bridgehead atoms. The van der Waals surface area contributed by atoms with E-state index in [0.29, 0.717) is 21.6 Å². The van der Waals surface area contributed by atoms with E-state index in [9.17, 15) is 4.39 Å². The quantitative estimate of drug-likeness (QED) is 0.704. The van der Waals surface area contributed by atoms with Crippen molar-refractivity contribution in [3.05, 3.63) is 35.2 Å². The third kappa shape index (κ3) is 1.31. The first-order valence-electron chi connectivity index (χ1n) is 3.68. The number of benzene rings is 1. The van der Waals surface area contributed by atoms with Crippen molar-refractivity contribution >= 4 is 28.2 Å². The van der Waals surface area contributed by atoms with Gasteiger partial charge in [0.15, 0.2) is 0 Å². The topological polar surface area (TPSA) is 38.9 Å². The van der Waals surface area contributed by atoms with Crippen LogP contribution in [0.5, 0.6) is 0 Å². The van der Waals surface area contributed by atoms with Gasteiger partial charge in [0.1, 0.15) is 5.82 Å². The first-order chi connectivity index (χ1) is 6.18. The number of pyridine rings is 1. The van der Waals surface area contributed by atoms with Crippen LogP contribution in [0.1, 0.15) is 0 Å². The van der Waals surface area contributed by atoms with Crippen molar-refractivity contribution in [3.63, 3.8) is 0 Å². The van der Waals surface area contributed by atoms with Crippen molar-refractivity contribution in [1.82, 2.24) is 4.98 Å². The monoisotopic (exact) mass is 196 g/mol. The number of nitrogen functional groups attached to an aromatic ring is 1. The number of aromatic nitrogens is 1. The van der Waals surface area contributed by atoms with E-state index in [1.54, 1.807) is 0 Å². The summed E-state index contributed by atoms with van der Waals surface area (Å²) in [7, 11) is 0. The van der Waals surface area contributed by atoms with Crippen LogP contribution >= 0.6 is 11.6 Å². The molecule has 0 radical (unpaired) electrons. The smallest absolute Gasteiger partial charge is 0.132 e. The van der Waals surface area contributed by atoms with Crippen LogP contribution in [0.15, 0.2) is 24.4 Å². The molecule has 0 aliphatic heterocycles. The first kappa shape index (κ1) is 8.26. The summed E-state index contributed by atoms with van der Waals surface area (Å²) in [6.07, 6.45) is 1.45. The first-order valence-corrected chi connectivity index (χ1v) is 4.05. The molecule has 0 saturated heterocycles. The van der Waals surface area contributed by atoms with E-state index in [1.807, 2.05) is 0 Å². The Morgan fingerprint density at radius 1 is 1.38 bits per heavy atom. The number of halogens is 2. The number of nitrogens with zero attached hydrogens (tertiary/aromatic N) is 1. The summed E-state index contributed by atoms with van der Waals surface area (Å²) >= 11 is 5.81. The number of hydrogen-bond donors (Lipinski definition) is 1. The molecule has 4 heteroatoms. The predicted octanol–water partition coefficient (Wildman–Crippen LogP) is 2.61. The fourth-order valence-electron chi connectivity index (χ4n) is 1.17. The van der Waals surface area contributed by atoms with Crippen LogP contribution in [-0.4, -0.2) is 4.98 Å². The second kappa shape index (κ2) is 2.85. The minimum atomic E-state index is -0.362. The zero-order chi connectivity index (χ0) is 9.42. The molecule has 0 atom stereocenters. The van der Waals surface area contributed by atoms with Gasteiger partial charge in [0.05, 0.1) is 22.4 Å². The number of rotatable bonds is 0. The van der Waals surface area contributed by atoms with Crippen molar-refractivity contribution in [2.75, 3.05) is 5.73 Å². The van der Waals surface area contributed by atoms with Crippen LogP contribution in [0.3, 0.4) is 0 Å². The molecule has 66 valence electrons. The average Bonchev–Trinajstić information content (AvgIpc) is 2.12. The van der Waals surface area contributed by atoms with E-state index in [-0.39, 0.29) is 5.82 Å². The molecular weight excluding hydrogens is 191 g/mol. The molecule has 0 spiro atoms. The van der Waals surface area contributed by atoms with Crippen molar-refractivity contribution in [1.29, 1.82) is 0 Å². The van der Waals surface area contributed by atoms with Crippen molar-refractivity contribution in [2.24, 2.45) is 0 Å². The maximum Gasteiger partial charge on any atom is 0.132 e. The van der Waals surface area contributed by atoms with Gasteiger partial charge in [0.25, 0.3) is 0 Å². The summed E-state index contributed by atoms with van der Waals surface area (Å²) in [6, 6.07) is 4.29. The number of fused-ring (bicyclic) bond motifs is 1. The highest BCUT2D eigenvalue weighted by atomic mass is 35.5. The molecule has 0 unspecified atom stereocenters. The SMILES string of the molecule is Nc1cnc2c(Cl)ccc(F)c2c1. The summed E-state index contributed by atoms with van der Waals surface area (Å²) in [4.78, 5) is 3.94. The molecule has 13 heavy (non-hydrogen) atoms. The standard InChI is InChI=1S/C9H6ClFN2/c10-7-1-2-8(11)6-3-5(12)4-13-9(6)7/h1-4H,12H2. The van der Waals surface area contributed by atoms with Crippen LogP contribution in [0.4, 0.5) is 10.1 Å². The van der Waals surface area contributed by atoms with E-state index in [2.05, 4.69) is 4.98 Å². The Labute approximate surface area is 79.1 Å². The van der Waals surface area contributed by atoms with E-state index in [4.69, 9.17) is 17.3 Å². The summed E-state index contributed by atoms with van der Waals surface area (Å²) in [5.41, 5.74) is 6.34. The van der Waals surface area contributed by atoms with Gasteiger partial charge in [0.2, 0.25) is 0 Å². The Morgan fingerprint density at radius 2 is 2.15 bits per heavy atom. The fourth-order valence-corrected chi connectivity index (χ4v) is 1.38. The minimum absolute atomic E-state index is 0.354. The molecule has 2 aromatic rings. The Kier molecular flexibility index (Phi) is 1.81. The number of anilines is 1. The van der Waals surface area contributed by atoms with E-state index >= 15 is 0 Å². The molecule has 2 N–H and O–H groups in total. The van der Waals surface area contributed by atoms with Crippen molar-refractivity contribution < 1.29 is 4.39 Å². The predicted molar refractivity (Wildman–Crippen MR) is 51.1 cm³/mol. The fraction of sp³-hybridized carbons (Fsp3) is 0. The maximum atomic E-state index is 13.2. The van der Waals surface area contributed by atoms with Crippen molar-refractivity contribution in [2.45, 2.75) is 0 Å². The number of nitrogens with two attached hydrogens (primary N) is 1. The van der Waals surface area contributed by atoms with Gasteiger partial charge in [-0.1, -0.05) is 11.6 Å². The average molecular weight is 197 g/mol. The lowest BCUT2D eigenvalue weighted by molar-refractivity contribution is 0.639. The zero-order valence-corrected chi connectivity index (χ0v) is 7.35. The second-order valence-electron chi connectivity index (χ2n) is 2.69. The molecule has 2 rings (SSSR count). The molecule has 1 heterocycles. The van der Waals surface area contributed by atoms with Gasteiger partial charge < -0.3 is 5.73 Å². The summed E-state index contributed by atoms with van der Waals surface area (Å²) < 4.78 is 13.2. The van der Waals surface area contributed by atoms with Crippen LogP contribution in [0.25, 0.3) is 10.9 Å². The van der Waals surface area contributed by atoms with Crippen LogP contribution in [-0.2, 0) is 0 Å². The molecule has 0 aliphatic rings. The Hall–Kier alpha value is -1.35. The second-order valence-corrected chi connectivity index (χ2v) is 3.10. The van der Waals surface area contributed by atoms with Gasteiger partial charge in [-0.3, -0.25) is 4.98 Å². The van der Waals surface area contributed by atoms with Gasteiger partial charge >= 0.3 is 0 Å². The third-order valence-electron chi connectivity index (χ3n) is 1.77. The lowest BCUT2D eigenvalue weighted by atomic mass is 10.2. The van der Waals surface area contributed by atoms with Crippen LogP contribution < -0.4 is 5.73 Å². The van der Waals surface area contributed by atoms with E-state index < -0.39 is 0 Å². The Morgan fingerprint density at radius 3 is 2.92 bits per heavy atom. The molecule has 1 aromatic heterocycles.